The van der Waals surface area contributed by atoms with Gasteiger partial charge in [-0.2, -0.15) is 0 Å². The second-order valence-corrected chi connectivity index (χ2v) is 4.71. The second kappa shape index (κ2) is 7.89. The van der Waals surface area contributed by atoms with E-state index >= 15 is 0 Å². The van der Waals surface area contributed by atoms with Crippen LogP contribution in [0.1, 0.15) is 31.7 Å². The molecule has 0 aromatic heterocycles. The van der Waals surface area contributed by atoms with Crippen LogP contribution in [0.25, 0.3) is 0 Å². The molecule has 0 fully saturated rings. The number of nitrogens with one attached hydrogen (secondary N) is 1. The van der Waals surface area contributed by atoms with E-state index in [4.69, 9.17) is 0 Å². The molecule has 2 heteroatoms. The molecule has 0 aliphatic rings. The van der Waals surface area contributed by atoms with Crippen molar-refractivity contribution in [1.82, 2.24) is 5.32 Å². The van der Waals surface area contributed by atoms with Crippen LogP contribution in [0.4, 0.5) is 0 Å². The third kappa shape index (κ3) is 5.95. The van der Waals surface area contributed by atoms with Crippen molar-refractivity contribution >= 4 is 15.9 Å². The van der Waals surface area contributed by atoms with Gasteiger partial charge >= 0.3 is 0 Å². The highest BCUT2D eigenvalue weighted by molar-refractivity contribution is 9.10. The summed E-state index contributed by atoms with van der Waals surface area (Å²) in [4.78, 5) is 0. The molecule has 1 rings (SSSR count). The van der Waals surface area contributed by atoms with Gasteiger partial charge in [-0.25, -0.2) is 0 Å². The zero-order valence-corrected chi connectivity index (χ0v) is 11.0. The number of halogens is 1. The van der Waals surface area contributed by atoms with Gasteiger partial charge < -0.3 is 5.32 Å². The first-order chi connectivity index (χ1) is 7.33. The minimum Gasteiger partial charge on any atom is -0.317 e. The van der Waals surface area contributed by atoms with E-state index in [1.54, 1.807) is 0 Å². The average Bonchev–Trinajstić information content (AvgIpc) is 2.26. The first kappa shape index (κ1) is 12.7. The fourth-order valence-electron chi connectivity index (χ4n) is 1.58. The van der Waals surface area contributed by atoms with Crippen molar-refractivity contribution in [3.63, 3.8) is 0 Å². The number of hydrogen-bond acceptors (Lipinski definition) is 1. The van der Waals surface area contributed by atoms with Crippen LogP contribution in [-0.2, 0) is 6.42 Å². The Morgan fingerprint density at radius 1 is 1.07 bits per heavy atom. The van der Waals surface area contributed by atoms with Crippen molar-refractivity contribution in [2.75, 3.05) is 13.1 Å². The Kier molecular flexibility index (Phi) is 6.69. The van der Waals surface area contributed by atoms with E-state index in [1.165, 1.54) is 35.7 Å². The van der Waals surface area contributed by atoms with Gasteiger partial charge in [0, 0.05) is 4.47 Å². The maximum absolute atomic E-state index is 3.45. The molecule has 0 radical (unpaired) electrons. The molecule has 0 heterocycles. The van der Waals surface area contributed by atoms with E-state index in [2.05, 4.69) is 52.4 Å². The molecular weight excluding hydrogens is 250 g/mol. The summed E-state index contributed by atoms with van der Waals surface area (Å²) < 4.78 is 1.17. The van der Waals surface area contributed by atoms with Crippen LogP contribution in [0.5, 0.6) is 0 Å². The molecular formula is C13H20BrN. The largest absolute Gasteiger partial charge is 0.317 e. The maximum atomic E-state index is 3.45. The third-order valence-corrected chi connectivity index (χ3v) is 3.01. The monoisotopic (exact) mass is 269 g/mol. The van der Waals surface area contributed by atoms with E-state index < -0.39 is 0 Å². The molecule has 0 aliphatic heterocycles. The van der Waals surface area contributed by atoms with Crippen molar-refractivity contribution < 1.29 is 0 Å². The second-order valence-electron chi connectivity index (χ2n) is 3.79. The Labute approximate surface area is 101 Å². The van der Waals surface area contributed by atoms with E-state index in [9.17, 15) is 0 Å². The van der Waals surface area contributed by atoms with Gasteiger partial charge in [-0.15, -0.1) is 0 Å². The quantitative estimate of drug-likeness (QED) is 0.744. The standard InChI is InChI=1S/C13H20BrN/c1-2-15-11-5-3-4-6-12-7-9-13(14)10-8-12/h7-10,15H,2-6,11H2,1H3. The molecule has 1 nitrogen and oxygen atoms in total. The molecule has 1 N–H and O–H groups in total. The fourth-order valence-corrected chi connectivity index (χ4v) is 1.85. The normalized spacial score (nSPS) is 10.5. The SMILES string of the molecule is CCNCCCCCc1ccc(Br)cc1. The lowest BCUT2D eigenvalue weighted by molar-refractivity contribution is 0.616. The van der Waals surface area contributed by atoms with Gasteiger partial charge in [0.15, 0.2) is 0 Å². The summed E-state index contributed by atoms with van der Waals surface area (Å²) >= 11 is 3.45. The molecule has 0 bridgehead atoms. The van der Waals surface area contributed by atoms with Gasteiger partial charge in [0.25, 0.3) is 0 Å². The Morgan fingerprint density at radius 2 is 1.80 bits per heavy atom. The molecule has 0 saturated heterocycles. The van der Waals surface area contributed by atoms with Gasteiger partial charge in [-0.05, 0) is 50.0 Å². The Morgan fingerprint density at radius 3 is 2.47 bits per heavy atom. The number of benzene rings is 1. The van der Waals surface area contributed by atoms with Crippen molar-refractivity contribution in [3.8, 4) is 0 Å². The molecule has 0 aliphatic carbocycles. The minimum absolute atomic E-state index is 1.09. The molecule has 84 valence electrons. The Hall–Kier alpha value is -0.340. The van der Waals surface area contributed by atoms with Gasteiger partial charge in [-0.3, -0.25) is 0 Å². The van der Waals surface area contributed by atoms with Crippen LogP contribution < -0.4 is 5.32 Å². The first-order valence-corrected chi connectivity index (χ1v) is 6.57. The summed E-state index contributed by atoms with van der Waals surface area (Å²) in [6.07, 6.45) is 5.12. The predicted octanol–water partition coefficient (Wildman–Crippen LogP) is 3.77. The van der Waals surface area contributed by atoms with Gasteiger partial charge in [0.1, 0.15) is 0 Å². The topological polar surface area (TPSA) is 12.0 Å². The molecule has 0 atom stereocenters. The van der Waals surface area contributed by atoms with E-state index in [0.29, 0.717) is 0 Å². The van der Waals surface area contributed by atoms with Gasteiger partial charge in [0.05, 0.1) is 0 Å². The summed E-state index contributed by atoms with van der Waals surface area (Å²) in [5, 5.41) is 3.35. The van der Waals surface area contributed by atoms with E-state index in [-0.39, 0.29) is 0 Å². The summed E-state index contributed by atoms with van der Waals surface area (Å²) in [7, 11) is 0. The van der Waals surface area contributed by atoms with Crippen LogP contribution in [0.2, 0.25) is 0 Å². The lowest BCUT2D eigenvalue weighted by atomic mass is 10.1. The van der Waals surface area contributed by atoms with Gasteiger partial charge in [-0.1, -0.05) is 41.4 Å². The van der Waals surface area contributed by atoms with Crippen LogP contribution in [0.3, 0.4) is 0 Å². The highest BCUT2D eigenvalue weighted by Crippen LogP contribution is 2.12. The molecule has 0 saturated carbocycles. The number of aryl methyl sites for hydroxylation is 1. The summed E-state index contributed by atoms with van der Waals surface area (Å²) in [5.74, 6) is 0. The summed E-state index contributed by atoms with van der Waals surface area (Å²) in [6, 6.07) is 8.64. The number of hydrogen-bond donors (Lipinski definition) is 1. The number of unbranched alkanes of at least 4 members (excludes halogenated alkanes) is 2. The van der Waals surface area contributed by atoms with Crippen molar-refractivity contribution in [2.24, 2.45) is 0 Å². The van der Waals surface area contributed by atoms with Crippen LogP contribution in [-0.4, -0.2) is 13.1 Å². The van der Waals surface area contributed by atoms with Crippen LogP contribution >= 0.6 is 15.9 Å². The zero-order valence-electron chi connectivity index (χ0n) is 9.43. The minimum atomic E-state index is 1.09. The summed E-state index contributed by atoms with van der Waals surface area (Å²) in [6.45, 7) is 4.41. The average molecular weight is 270 g/mol. The maximum Gasteiger partial charge on any atom is 0.0175 e. The predicted molar refractivity (Wildman–Crippen MR) is 70.2 cm³/mol. The molecule has 0 spiro atoms. The highest BCUT2D eigenvalue weighted by atomic mass is 79.9. The van der Waals surface area contributed by atoms with Crippen LogP contribution in [0.15, 0.2) is 28.7 Å². The lowest BCUT2D eigenvalue weighted by Gasteiger charge is -2.03. The van der Waals surface area contributed by atoms with E-state index in [1.807, 2.05) is 0 Å². The van der Waals surface area contributed by atoms with Crippen molar-refractivity contribution in [3.05, 3.63) is 34.3 Å². The van der Waals surface area contributed by atoms with Crippen molar-refractivity contribution in [1.29, 1.82) is 0 Å². The fraction of sp³-hybridized carbons (Fsp3) is 0.538. The zero-order chi connectivity index (χ0) is 10.9. The lowest BCUT2D eigenvalue weighted by Crippen LogP contribution is -2.13. The smallest absolute Gasteiger partial charge is 0.0175 e. The Balaban J connectivity index is 2.07. The first-order valence-electron chi connectivity index (χ1n) is 5.78. The molecule has 15 heavy (non-hydrogen) atoms. The van der Waals surface area contributed by atoms with E-state index in [0.717, 1.165) is 13.1 Å². The molecule has 0 unspecified atom stereocenters. The van der Waals surface area contributed by atoms with Crippen molar-refractivity contribution in [2.45, 2.75) is 32.6 Å². The van der Waals surface area contributed by atoms with Crippen LogP contribution in [0, 0.1) is 0 Å². The molecule has 1 aromatic rings. The number of rotatable bonds is 7. The molecule has 0 amide bonds. The highest BCUT2D eigenvalue weighted by Gasteiger charge is 1.93. The summed E-state index contributed by atoms with van der Waals surface area (Å²) in [5.41, 5.74) is 1.45. The van der Waals surface area contributed by atoms with Gasteiger partial charge in [0.2, 0.25) is 0 Å². The molecule has 1 aromatic carbocycles. The third-order valence-electron chi connectivity index (χ3n) is 2.48. The Bertz CT molecular complexity index is 256.